The van der Waals surface area contributed by atoms with E-state index in [0.717, 1.165) is 96.3 Å². The molecule has 0 heterocycles. The van der Waals surface area contributed by atoms with Gasteiger partial charge < -0.3 is 14.2 Å². The summed E-state index contributed by atoms with van der Waals surface area (Å²) in [5.74, 6) is -0.892. The number of hydrogen-bond donors (Lipinski definition) is 0. The first-order valence-electron chi connectivity index (χ1n) is 31.8. The van der Waals surface area contributed by atoms with E-state index in [4.69, 9.17) is 14.2 Å². The van der Waals surface area contributed by atoms with Gasteiger partial charge in [0, 0.05) is 19.3 Å². The third kappa shape index (κ3) is 59.9. The van der Waals surface area contributed by atoms with Crippen molar-refractivity contribution in [2.75, 3.05) is 13.2 Å². The molecule has 6 heteroatoms. The van der Waals surface area contributed by atoms with E-state index >= 15 is 0 Å². The highest BCUT2D eigenvalue weighted by atomic mass is 16.6. The molecule has 0 aromatic carbocycles. The lowest BCUT2D eigenvalue weighted by Gasteiger charge is -2.18. The van der Waals surface area contributed by atoms with E-state index in [9.17, 15) is 14.4 Å². The van der Waals surface area contributed by atoms with Crippen LogP contribution >= 0.6 is 0 Å². The van der Waals surface area contributed by atoms with Gasteiger partial charge in [0.2, 0.25) is 0 Å². The second kappa shape index (κ2) is 61.7. The Balaban J connectivity index is 4.39. The van der Waals surface area contributed by atoms with Gasteiger partial charge in [0.25, 0.3) is 0 Å². The highest BCUT2D eigenvalue weighted by Gasteiger charge is 2.19. The number of ether oxygens (including phenoxy) is 3. The Morgan fingerprint density at radius 2 is 0.534 bits per heavy atom. The molecule has 0 aliphatic heterocycles. The van der Waals surface area contributed by atoms with Crippen LogP contribution in [0.5, 0.6) is 0 Å². The van der Waals surface area contributed by atoms with Crippen LogP contribution in [0.3, 0.4) is 0 Å². The van der Waals surface area contributed by atoms with E-state index in [2.05, 4.69) is 81.5 Å². The smallest absolute Gasteiger partial charge is 0.306 e. The maximum atomic E-state index is 12.9. The molecule has 0 saturated heterocycles. The van der Waals surface area contributed by atoms with E-state index in [-0.39, 0.29) is 31.1 Å². The summed E-state index contributed by atoms with van der Waals surface area (Å²) < 4.78 is 16.9. The van der Waals surface area contributed by atoms with Crippen LogP contribution in [0, 0.1) is 0 Å². The summed E-state index contributed by atoms with van der Waals surface area (Å²) >= 11 is 0. The molecule has 73 heavy (non-hydrogen) atoms. The minimum atomic E-state index is -0.786. The van der Waals surface area contributed by atoms with Crippen molar-refractivity contribution in [1.82, 2.24) is 0 Å². The number of rotatable bonds is 58. The number of esters is 3. The van der Waals surface area contributed by atoms with Gasteiger partial charge in [-0.05, 0) is 64.2 Å². The van der Waals surface area contributed by atoms with Gasteiger partial charge in [0.15, 0.2) is 6.10 Å². The third-order valence-corrected chi connectivity index (χ3v) is 14.0. The van der Waals surface area contributed by atoms with Crippen LogP contribution in [0.2, 0.25) is 0 Å². The minimum absolute atomic E-state index is 0.0801. The van der Waals surface area contributed by atoms with Crippen LogP contribution in [-0.4, -0.2) is 37.2 Å². The van der Waals surface area contributed by atoms with Gasteiger partial charge in [-0.15, -0.1) is 0 Å². The minimum Gasteiger partial charge on any atom is -0.462 e. The molecule has 1 atom stereocenters. The van der Waals surface area contributed by atoms with Gasteiger partial charge in [-0.25, -0.2) is 0 Å². The SMILES string of the molecule is CC/C=C\C/C=C\C/C=C\C/C=C\C/C=C\CCCCCC(=O)OC[C@@H](COC(=O)CCCCCCCCCCCCCCCCCCCC)OC(=O)CCCCCCCCCCCCCCCCCCCC. The Labute approximate surface area is 453 Å². The predicted octanol–water partition coefficient (Wildman–Crippen LogP) is 21.6. The summed E-state index contributed by atoms with van der Waals surface area (Å²) in [6, 6.07) is 0. The predicted molar refractivity (Wildman–Crippen MR) is 316 cm³/mol. The molecule has 0 aliphatic carbocycles. The number of unbranched alkanes of at least 4 members (excludes halogenated alkanes) is 37. The molecular formula is C67H120O6. The first-order valence-corrected chi connectivity index (χ1v) is 31.8. The summed E-state index contributed by atoms with van der Waals surface area (Å²) in [5, 5.41) is 0. The van der Waals surface area contributed by atoms with Gasteiger partial charge in [0.1, 0.15) is 13.2 Å². The maximum Gasteiger partial charge on any atom is 0.306 e. The molecular weight excluding hydrogens is 901 g/mol. The average molecular weight is 1020 g/mol. The molecule has 0 aliphatic rings. The average Bonchev–Trinajstić information content (AvgIpc) is 3.39. The van der Waals surface area contributed by atoms with E-state index < -0.39 is 6.10 Å². The monoisotopic (exact) mass is 1020 g/mol. The van der Waals surface area contributed by atoms with Gasteiger partial charge in [-0.2, -0.15) is 0 Å². The topological polar surface area (TPSA) is 78.9 Å². The Bertz CT molecular complexity index is 1310. The van der Waals surface area contributed by atoms with Crippen molar-refractivity contribution in [3.05, 3.63) is 60.8 Å². The Morgan fingerprint density at radius 1 is 0.288 bits per heavy atom. The Hall–Kier alpha value is -2.89. The van der Waals surface area contributed by atoms with E-state index in [1.165, 1.54) is 193 Å². The highest BCUT2D eigenvalue weighted by Crippen LogP contribution is 2.17. The molecule has 0 spiro atoms. The largest absolute Gasteiger partial charge is 0.462 e. The van der Waals surface area contributed by atoms with Crippen LogP contribution in [0.1, 0.15) is 329 Å². The highest BCUT2D eigenvalue weighted by molar-refractivity contribution is 5.71. The molecule has 0 rings (SSSR count). The molecule has 0 aromatic rings. The number of hydrogen-bond acceptors (Lipinski definition) is 6. The Morgan fingerprint density at radius 3 is 0.836 bits per heavy atom. The summed E-state index contributed by atoms with van der Waals surface area (Å²) in [6.07, 6.45) is 77.9. The molecule has 0 amide bonds. The molecule has 0 unspecified atom stereocenters. The van der Waals surface area contributed by atoms with E-state index in [0.29, 0.717) is 19.3 Å². The summed E-state index contributed by atoms with van der Waals surface area (Å²) in [5.41, 5.74) is 0. The molecule has 424 valence electrons. The van der Waals surface area contributed by atoms with Crippen molar-refractivity contribution in [2.24, 2.45) is 0 Å². The molecule has 0 aromatic heterocycles. The van der Waals surface area contributed by atoms with Crippen molar-refractivity contribution in [2.45, 2.75) is 335 Å². The fraction of sp³-hybridized carbons (Fsp3) is 0.806. The van der Waals surface area contributed by atoms with Crippen LogP contribution in [0.4, 0.5) is 0 Å². The second-order valence-corrected chi connectivity index (χ2v) is 21.3. The quantitative estimate of drug-likeness (QED) is 0.0261. The van der Waals surface area contributed by atoms with E-state index in [1.54, 1.807) is 0 Å². The lowest BCUT2D eigenvalue weighted by atomic mass is 10.0. The number of allylic oxidation sites excluding steroid dienone is 10. The molecule has 0 fully saturated rings. The molecule has 0 saturated carbocycles. The fourth-order valence-corrected chi connectivity index (χ4v) is 9.30. The molecule has 0 N–H and O–H groups in total. The first-order chi connectivity index (χ1) is 36.0. The normalized spacial score (nSPS) is 12.4. The van der Waals surface area contributed by atoms with Crippen LogP contribution < -0.4 is 0 Å². The standard InChI is InChI=1S/C67H120O6/c1-4-7-10-13-16-19-22-25-28-31-34-37-39-42-45-48-51-54-57-60-66(69)72-63-64(73-67(70)61-58-55-52-49-46-43-40-36-33-30-27-24-21-18-15-12-9-6-3)62-71-65(68)59-56-53-50-47-44-41-38-35-32-29-26-23-20-17-14-11-8-5-2/h7,10,16,19,25,28,34,37,42,45,64H,4-6,8-9,11-15,17-18,20-24,26-27,29-33,35-36,38-41,43-44,46-63H2,1-3H3/b10-7-,19-16-,28-25-,37-34-,45-42-/t64-/m1/s1. The summed E-state index contributed by atoms with van der Waals surface area (Å²) in [6.45, 7) is 6.56. The van der Waals surface area contributed by atoms with Crippen molar-refractivity contribution >= 4 is 17.9 Å². The van der Waals surface area contributed by atoms with Crippen LogP contribution in [0.25, 0.3) is 0 Å². The van der Waals surface area contributed by atoms with Crippen LogP contribution in [0.15, 0.2) is 60.8 Å². The van der Waals surface area contributed by atoms with Gasteiger partial charge in [-0.1, -0.05) is 306 Å². The number of carbonyl (C=O) groups is 3. The van der Waals surface area contributed by atoms with Gasteiger partial charge >= 0.3 is 17.9 Å². The zero-order chi connectivity index (χ0) is 52.9. The van der Waals surface area contributed by atoms with Gasteiger partial charge in [-0.3, -0.25) is 14.4 Å². The van der Waals surface area contributed by atoms with E-state index in [1.807, 2.05) is 0 Å². The zero-order valence-electron chi connectivity index (χ0n) is 48.7. The van der Waals surface area contributed by atoms with Crippen molar-refractivity contribution in [3.8, 4) is 0 Å². The number of carbonyl (C=O) groups excluding carboxylic acids is 3. The molecule has 0 radical (unpaired) electrons. The summed E-state index contributed by atoms with van der Waals surface area (Å²) in [7, 11) is 0. The summed E-state index contributed by atoms with van der Waals surface area (Å²) in [4.78, 5) is 38.3. The molecule has 6 nitrogen and oxygen atoms in total. The molecule has 0 bridgehead atoms. The zero-order valence-corrected chi connectivity index (χ0v) is 48.7. The lowest BCUT2D eigenvalue weighted by Crippen LogP contribution is -2.30. The first kappa shape index (κ1) is 70.1. The van der Waals surface area contributed by atoms with Crippen molar-refractivity contribution in [1.29, 1.82) is 0 Å². The second-order valence-electron chi connectivity index (χ2n) is 21.3. The van der Waals surface area contributed by atoms with Crippen LogP contribution in [-0.2, 0) is 28.6 Å². The lowest BCUT2D eigenvalue weighted by molar-refractivity contribution is -0.167. The maximum absolute atomic E-state index is 12.9. The third-order valence-electron chi connectivity index (χ3n) is 14.0. The van der Waals surface area contributed by atoms with Gasteiger partial charge in [0.05, 0.1) is 0 Å². The van der Waals surface area contributed by atoms with Crippen molar-refractivity contribution in [3.63, 3.8) is 0 Å². The van der Waals surface area contributed by atoms with Crippen molar-refractivity contribution < 1.29 is 28.6 Å². The fourth-order valence-electron chi connectivity index (χ4n) is 9.30. The Kier molecular flexibility index (Phi) is 59.2.